The Hall–Kier alpha value is -2.10. The second-order valence-electron chi connectivity index (χ2n) is 6.27. The number of hydrogen-bond acceptors (Lipinski definition) is 2. The van der Waals surface area contributed by atoms with Gasteiger partial charge in [0.2, 0.25) is 0 Å². The predicted molar refractivity (Wildman–Crippen MR) is 100 cm³/mol. The lowest BCUT2D eigenvalue weighted by Gasteiger charge is -2.11. The van der Waals surface area contributed by atoms with Crippen LogP contribution in [0.25, 0.3) is 10.9 Å². The van der Waals surface area contributed by atoms with E-state index >= 15 is 0 Å². The molecule has 3 aromatic rings. The zero-order valence-corrected chi connectivity index (χ0v) is 14.3. The van der Waals surface area contributed by atoms with Crippen LogP contribution in [0.5, 0.6) is 0 Å². The lowest BCUT2D eigenvalue weighted by Crippen LogP contribution is -2.21. The first-order valence-corrected chi connectivity index (χ1v) is 8.72. The van der Waals surface area contributed by atoms with Crippen LogP contribution >= 0.6 is 0 Å². The number of hydrogen-bond donors (Lipinski definition) is 1. The van der Waals surface area contributed by atoms with Gasteiger partial charge in [0.15, 0.2) is 0 Å². The van der Waals surface area contributed by atoms with E-state index in [0.717, 1.165) is 19.4 Å². The molecule has 0 saturated heterocycles. The fraction of sp³-hybridized carbons (Fsp3) is 0.333. The summed E-state index contributed by atoms with van der Waals surface area (Å²) in [6.45, 7) is 4.37. The van der Waals surface area contributed by atoms with Gasteiger partial charge >= 0.3 is 0 Å². The van der Waals surface area contributed by atoms with E-state index < -0.39 is 0 Å². The minimum atomic E-state index is 0.230. The van der Waals surface area contributed by atoms with Crippen molar-refractivity contribution in [3.63, 3.8) is 0 Å². The van der Waals surface area contributed by atoms with Crippen molar-refractivity contribution in [3.05, 3.63) is 71.9 Å². The van der Waals surface area contributed by atoms with Gasteiger partial charge in [-0.3, -0.25) is 0 Å². The van der Waals surface area contributed by atoms with E-state index in [-0.39, 0.29) is 6.04 Å². The first kappa shape index (κ1) is 16.7. The third kappa shape index (κ3) is 4.05. The van der Waals surface area contributed by atoms with Crippen molar-refractivity contribution in [2.24, 2.45) is 5.73 Å². The molecular formula is C21H26N2O. The molecule has 0 spiro atoms. The fourth-order valence-electron chi connectivity index (χ4n) is 3.01. The molecule has 0 aliphatic carbocycles. The van der Waals surface area contributed by atoms with Crippen LogP contribution in [0, 0.1) is 0 Å². The molecule has 2 N–H and O–H groups in total. The van der Waals surface area contributed by atoms with Crippen LogP contribution in [0.2, 0.25) is 0 Å². The number of nitrogens with zero attached hydrogens (tertiary/aromatic N) is 1. The summed E-state index contributed by atoms with van der Waals surface area (Å²) in [5.74, 6) is 0. The maximum Gasteiger partial charge on any atom is 0.0717 e. The van der Waals surface area contributed by atoms with Gasteiger partial charge < -0.3 is 15.0 Å². The van der Waals surface area contributed by atoms with E-state index in [1.165, 1.54) is 22.0 Å². The van der Waals surface area contributed by atoms with Crippen molar-refractivity contribution in [1.29, 1.82) is 0 Å². The van der Waals surface area contributed by atoms with E-state index in [1.807, 2.05) is 18.2 Å². The number of aromatic nitrogens is 1. The number of fused-ring (bicyclic) bond motifs is 1. The minimum Gasteiger partial charge on any atom is -0.375 e. The monoisotopic (exact) mass is 322 g/mol. The van der Waals surface area contributed by atoms with Crippen molar-refractivity contribution in [2.45, 2.75) is 39.0 Å². The van der Waals surface area contributed by atoms with Crippen LogP contribution < -0.4 is 5.73 Å². The van der Waals surface area contributed by atoms with E-state index in [0.29, 0.717) is 13.2 Å². The molecule has 0 amide bonds. The van der Waals surface area contributed by atoms with Crippen LogP contribution in [-0.2, 0) is 24.3 Å². The first-order chi connectivity index (χ1) is 11.8. The zero-order valence-electron chi connectivity index (χ0n) is 14.3. The molecule has 3 heteroatoms. The molecule has 0 fully saturated rings. The van der Waals surface area contributed by atoms with E-state index in [4.69, 9.17) is 10.5 Å². The Labute approximate surface area is 144 Å². The van der Waals surface area contributed by atoms with Gasteiger partial charge in [-0.2, -0.15) is 0 Å². The highest BCUT2D eigenvalue weighted by Crippen LogP contribution is 2.21. The van der Waals surface area contributed by atoms with Crippen molar-refractivity contribution in [3.8, 4) is 0 Å². The number of nitrogens with two attached hydrogens (primary N) is 1. The molecular weight excluding hydrogens is 296 g/mol. The molecule has 0 bridgehead atoms. The second-order valence-corrected chi connectivity index (χ2v) is 6.27. The Morgan fingerprint density at radius 2 is 1.88 bits per heavy atom. The lowest BCUT2D eigenvalue weighted by molar-refractivity contribution is 0.114. The van der Waals surface area contributed by atoms with Gasteiger partial charge in [-0.15, -0.1) is 0 Å². The summed E-state index contributed by atoms with van der Waals surface area (Å²) in [6.07, 6.45) is 4.09. The molecule has 126 valence electrons. The topological polar surface area (TPSA) is 40.2 Å². The average Bonchev–Trinajstić information content (AvgIpc) is 3.04. The standard InChI is InChI=1S/C21H26N2O/c1-2-19(22)15-18-9-6-10-21-20(18)11-12-23(21)13-14-24-16-17-7-4-3-5-8-17/h3-12,19H,2,13-16,22H2,1H3. The molecule has 0 radical (unpaired) electrons. The van der Waals surface area contributed by atoms with Crippen LogP contribution in [0.1, 0.15) is 24.5 Å². The maximum absolute atomic E-state index is 6.13. The van der Waals surface area contributed by atoms with Gasteiger partial charge in [0.05, 0.1) is 13.2 Å². The highest BCUT2D eigenvalue weighted by molar-refractivity contribution is 5.83. The number of rotatable bonds is 8. The number of benzene rings is 2. The third-order valence-corrected chi connectivity index (χ3v) is 4.50. The molecule has 1 aromatic heterocycles. The number of ether oxygens (including phenoxy) is 1. The molecule has 24 heavy (non-hydrogen) atoms. The molecule has 3 rings (SSSR count). The van der Waals surface area contributed by atoms with Gasteiger partial charge in [0.1, 0.15) is 0 Å². The van der Waals surface area contributed by atoms with Crippen LogP contribution in [-0.4, -0.2) is 17.2 Å². The lowest BCUT2D eigenvalue weighted by atomic mass is 10.0. The fourth-order valence-corrected chi connectivity index (χ4v) is 3.01. The normalized spacial score (nSPS) is 12.6. The van der Waals surface area contributed by atoms with Crippen LogP contribution in [0.4, 0.5) is 0 Å². The van der Waals surface area contributed by atoms with E-state index in [2.05, 4.69) is 54.1 Å². The quantitative estimate of drug-likeness (QED) is 0.633. The Kier molecular flexibility index (Phi) is 5.68. The minimum absolute atomic E-state index is 0.230. The molecule has 0 saturated carbocycles. The Bertz CT molecular complexity index is 764. The summed E-state index contributed by atoms with van der Waals surface area (Å²) < 4.78 is 8.08. The maximum atomic E-state index is 6.13. The molecule has 0 aliphatic heterocycles. The van der Waals surface area contributed by atoms with Gasteiger partial charge in [-0.1, -0.05) is 49.4 Å². The van der Waals surface area contributed by atoms with Crippen molar-refractivity contribution in [1.82, 2.24) is 4.57 Å². The van der Waals surface area contributed by atoms with Crippen molar-refractivity contribution < 1.29 is 4.74 Å². The van der Waals surface area contributed by atoms with Crippen molar-refractivity contribution >= 4 is 10.9 Å². The summed E-state index contributed by atoms with van der Waals surface area (Å²) in [5.41, 5.74) is 9.94. The molecule has 3 nitrogen and oxygen atoms in total. The smallest absolute Gasteiger partial charge is 0.0717 e. The Morgan fingerprint density at radius 1 is 1.04 bits per heavy atom. The van der Waals surface area contributed by atoms with Gasteiger partial charge in [-0.05, 0) is 36.1 Å². The summed E-state index contributed by atoms with van der Waals surface area (Å²) in [4.78, 5) is 0. The summed E-state index contributed by atoms with van der Waals surface area (Å²) in [6, 6.07) is 19.2. The Balaban J connectivity index is 1.62. The van der Waals surface area contributed by atoms with Gasteiger partial charge in [-0.25, -0.2) is 0 Å². The average molecular weight is 322 g/mol. The molecule has 0 aliphatic rings. The van der Waals surface area contributed by atoms with Gasteiger partial charge in [0, 0.05) is 29.7 Å². The van der Waals surface area contributed by atoms with E-state index in [9.17, 15) is 0 Å². The van der Waals surface area contributed by atoms with Crippen LogP contribution in [0.15, 0.2) is 60.8 Å². The van der Waals surface area contributed by atoms with Crippen molar-refractivity contribution in [2.75, 3.05) is 6.61 Å². The van der Waals surface area contributed by atoms with Crippen LogP contribution in [0.3, 0.4) is 0 Å². The zero-order chi connectivity index (χ0) is 16.8. The molecule has 1 heterocycles. The summed E-state index contributed by atoms with van der Waals surface area (Å²) in [5, 5.41) is 1.31. The first-order valence-electron chi connectivity index (χ1n) is 8.72. The molecule has 2 aromatic carbocycles. The van der Waals surface area contributed by atoms with Gasteiger partial charge in [0.25, 0.3) is 0 Å². The molecule has 1 atom stereocenters. The highest BCUT2D eigenvalue weighted by Gasteiger charge is 2.08. The third-order valence-electron chi connectivity index (χ3n) is 4.50. The summed E-state index contributed by atoms with van der Waals surface area (Å²) >= 11 is 0. The Morgan fingerprint density at radius 3 is 2.67 bits per heavy atom. The summed E-state index contributed by atoms with van der Waals surface area (Å²) in [7, 11) is 0. The molecule has 1 unspecified atom stereocenters. The second kappa shape index (κ2) is 8.13. The SMILES string of the molecule is CCC(N)Cc1cccc2c1ccn2CCOCc1ccccc1. The predicted octanol–water partition coefficient (Wildman–Crippen LogP) is 4.14. The largest absolute Gasteiger partial charge is 0.375 e. The van der Waals surface area contributed by atoms with E-state index in [1.54, 1.807) is 0 Å². The highest BCUT2D eigenvalue weighted by atomic mass is 16.5.